The first-order valence-electron chi connectivity index (χ1n) is 7.20. The molecule has 0 fully saturated rings. The average Bonchev–Trinajstić information content (AvgIpc) is 2.24. The fourth-order valence-corrected chi connectivity index (χ4v) is 3.10. The first-order valence-corrected chi connectivity index (χ1v) is 7.20. The van der Waals surface area contributed by atoms with Crippen LogP contribution in [0.1, 0.15) is 68.3 Å². The molecule has 1 heterocycles. The van der Waals surface area contributed by atoms with Gasteiger partial charge in [0.2, 0.25) is 0 Å². The first kappa shape index (κ1) is 16.2. The molecule has 1 rings (SSSR count). The van der Waals surface area contributed by atoms with Gasteiger partial charge in [-0.25, -0.2) is 0 Å². The van der Waals surface area contributed by atoms with Gasteiger partial charge in [-0.15, -0.1) is 0 Å². The molecule has 0 bridgehead atoms. The molecule has 108 valence electrons. The molecule has 2 heteroatoms. The van der Waals surface area contributed by atoms with Crippen molar-refractivity contribution >= 4 is 0 Å². The SMILES string of the molecule is Cc1nc(C)c(C(O)C(C)(C)CC(C)C)c(C)c1C. The highest BCUT2D eigenvalue weighted by Gasteiger charge is 2.32. The number of hydrogen-bond acceptors (Lipinski definition) is 2. The normalized spacial score (nSPS) is 14.0. The van der Waals surface area contributed by atoms with Gasteiger partial charge in [0.25, 0.3) is 0 Å². The number of aryl methyl sites for hydroxylation is 2. The highest BCUT2D eigenvalue weighted by atomic mass is 16.3. The van der Waals surface area contributed by atoms with E-state index in [0.29, 0.717) is 5.92 Å². The Labute approximate surface area is 118 Å². The number of aliphatic hydroxyl groups is 1. The minimum absolute atomic E-state index is 0.132. The van der Waals surface area contributed by atoms with Crippen molar-refractivity contribution in [1.82, 2.24) is 4.98 Å². The van der Waals surface area contributed by atoms with Crippen molar-refractivity contribution in [3.8, 4) is 0 Å². The Morgan fingerprint density at radius 3 is 2.00 bits per heavy atom. The van der Waals surface area contributed by atoms with Crippen LogP contribution in [0.15, 0.2) is 0 Å². The van der Waals surface area contributed by atoms with Gasteiger partial charge in [-0.2, -0.15) is 0 Å². The summed E-state index contributed by atoms with van der Waals surface area (Å²) in [6, 6.07) is 0. The second-order valence-corrected chi connectivity index (χ2v) is 6.94. The number of rotatable bonds is 4. The number of aliphatic hydroxyl groups excluding tert-OH is 1. The number of hydrogen-bond donors (Lipinski definition) is 1. The number of nitrogens with zero attached hydrogens (tertiary/aromatic N) is 1. The maximum Gasteiger partial charge on any atom is 0.0861 e. The van der Waals surface area contributed by atoms with Crippen LogP contribution in [0.25, 0.3) is 0 Å². The van der Waals surface area contributed by atoms with Gasteiger partial charge < -0.3 is 5.11 Å². The van der Waals surface area contributed by atoms with Gasteiger partial charge in [-0.05, 0) is 56.6 Å². The quantitative estimate of drug-likeness (QED) is 0.872. The second kappa shape index (κ2) is 5.62. The van der Waals surface area contributed by atoms with E-state index in [1.165, 1.54) is 11.1 Å². The zero-order chi connectivity index (χ0) is 15.0. The van der Waals surface area contributed by atoms with Crippen LogP contribution in [0, 0.1) is 39.0 Å². The zero-order valence-corrected chi connectivity index (χ0v) is 13.8. The van der Waals surface area contributed by atoms with Gasteiger partial charge in [0, 0.05) is 17.0 Å². The molecular formula is C17H29NO. The first-order chi connectivity index (χ1) is 8.58. The third kappa shape index (κ3) is 3.36. The average molecular weight is 263 g/mol. The topological polar surface area (TPSA) is 33.1 Å². The largest absolute Gasteiger partial charge is 0.388 e. The summed E-state index contributed by atoms with van der Waals surface area (Å²) in [5.74, 6) is 0.574. The van der Waals surface area contributed by atoms with Crippen LogP contribution >= 0.6 is 0 Å². The van der Waals surface area contributed by atoms with E-state index in [1.54, 1.807) is 0 Å². The van der Waals surface area contributed by atoms with Crippen molar-refractivity contribution in [2.24, 2.45) is 11.3 Å². The lowest BCUT2D eigenvalue weighted by molar-refractivity contribution is 0.0328. The lowest BCUT2D eigenvalue weighted by Crippen LogP contribution is -2.26. The van der Waals surface area contributed by atoms with Crippen LogP contribution in [0.4, 0.5) is 0 Å². The minimum atomic E-state index is -0.457. The molecule has 0 aliphatic heterocycles. The second-order valence-electron chi connectivity index (χ2n) is 6.94. The van der Waals surface area contributed by atoms with Crippen molar-refractivity contribution < 1.29 is 5.11 Å². The molecule has 19 heavy (non-hydrogen) atoms. The third-order valence-electron chi connectivity index (χ3n) is 4.18. The van der Waals surface area contributed by atoms with Gasteiger partial charge in [0.05, 0.1) is 6.10 Å². The molecule has 0 saturated carbocycles. The molecule has 1 N–H and O–H groups in total. The van der Waals surface area contributed by atoms with E-state index in [2.05, 4.69) is 46.5 Å². The lowest BCUT2D eigenvalue weighted by atomic mass is 9.75. The Kier molecular flexibility index (Phi) is 4.78. The molecule has 0 aromatic carbocycles. The van der Waals surface area contributed by atoms with Gasteiger partial charge in [0.1, 0.15) is 0 Å². The zero-order valence-electron chi connectivity index (χ0n) is 13.8. The van der Waals surface area contributed by atoms with Crippen LogP contribution < -0.4 is 0 Å². The van der Waals surface area contributed by atoms with E-state index < -0.39 is 6.10 Å². The highest BCUT2D eigenvalue weighted by Crippen LogP contribution is 2.41. The van der Waals surface area contributed by atoms with Gasteiger partial charge in [-0.1, -0.05) is 27.7 Å². The summed E-state index contributed by atoms with van der Waals surface area (Å²) in [5.41, 5.74) is 5.30. The van der Waals surface area contributed by atoms with Crippen LogP contribution in [0.2, 0.25) is 0 Å². The van der Waals surface area contributed by atoms with Gasteiger partial charge in [-0.3, -0.25) is 4.98 Å². The summed E-state index contributed by atoms with van der Waals surface area (Å²) < 4.78 is 0. The summed E-state index contributed by atoms with van der Waals surface area (Å²) in [6.07, 6.45) is 0.543. The summed E-state index contributed by atoms with van der Waals surface area (Å²) in [5, 5.41) is 10.8. The van der Waals surface area contributed by atoms with Crippen LogP contribution in [-0.2, 0) is 0 Å². The van der Waals surface area contributed by atoms with Crippen LogP contribution in [0.3, 0.4) is 0 Å². The molecule has 1 unspecified atom stereocenters. The van der Waals surface area contributed by atoms with E-state index in [9.17, 15) is 5.11 Å². The molecule has 0 aliphatic rings. The maximum atomic E-state index is 10.8. The molecule has 0 amide bonds. The highest BCUT2D eigenvalue weighted by molar-refractivity contribution is 5.40. The summed E-state index contributed by atoms with van der Waals surface area (Å²) >= 11 is 0. The van der Waals surface area contributed by atoms with E-state index in [0.717, 1.165) is 23.4 Å². The predicted octanol–water partition coefficient (Wildman–Crippen LogP) is 4.42. The van der Waals surface area contributed by atoms with Crippen molar-refractivity contribution in [3.63, 3.8) is 0 Å². The molecule has 0 radical (unpaired) electrons. The van der Waals surface area contributed by atoms with E-state index in [4.69, 9.17) is 0 Å². The van der Waals surface area contributed by atoms with E-state index in [1.807, 2.05) is 13.8 Å². The molecular weight excluding hydrogens is 234 g/mol. The van der Waals surface area contributed by atoms with Gasteiger partial charge in [0.15, 0.2) is 0 Å². The Morgan fingerprint density at radius 1 is 1.00 bits per heavy atom. The molecule has 1 atom stereocenters. The van der Waals surface area contributed by atoms with Gasteiger partial charge >= 0.3 is 0 Å². The standard InChI is InChI=1S/C17H29NO/c1-10(2)9-17(7,8)16(19)15-12(4)11(3)13(5)18-14(15)6/h10,16,19H,9H2,1-8H3. The fourth-order valence-electron chi connectivity index (χ4n) is 3.10. The van der Waals surface area contributed by atoms with Crippen LogP contribution in [0.5, 0.6) is 0 Å². The minimum Gasteiger partial charge on any atom is -0.388 e. The maximum absolute atomic E-state index is 10.8. The number of pyridine rings is 1. The van der Waals surface area contributed by atoms with Crippen molar-refractivity contribution in [3.05, 3.63) is 28.1 Å². The Bertz CT molecular complexity index is 461. The summed E-state index contributed by atoms with van der Waals surface area (Å²) in [7, 11) is 0. The molecule has 2 nitrogen and oxygen atoms in total. The lowest BCUT2D eigenvalue weighted by Gasteiger charge is -2.34. The summed E-state index contributed by atoms with van der Waals surface area (Å²) in [6.45, 7) is 16.9. The summed E-state index contributed by atoms with van der Waals surface area (Å²) in [4.78, 5) is 4.59. The molecule has 0 saturated heterocycles. The predicted molar refractivity (Wildman–Crippen MR) is 81.4 cm³/mol. The van der Waals surface area contributed by atoms with E-state index in [-0.39, 0.29) is 5.41 Å². The Hall–Kier alpha value is -0.890. The van der Waals surface area contributed by atoms with Crippen molar-refractivity contribution in [2.45, 2.75) is 67.9 Å². The molecule has 0 aliphatic carbocycles. The van der Waals surface area contributed by atoms with E-state index >= 15 is 0 Å². The Balaban J connectivity index is 3.27. The fraction of sp³-hybridized carbons (Fsp3) is 0.706. The monoisotopic (exact) mass is 263 g/mol. The molecule has 0 spiro atoms. The molecule has 1 aromatic rings. The Morgan fingerprint density at radius 2 is 1.53 bits per heavy atom. The third-order valence-corrected chi connectivity index (χ3v) is 4.18. The smallest absolute Gasteiger partial charge is 0.0861 e. The van der Waals surface area contributed by atoms with Crippen LogP contribution in [-0.4, -0.2) is 10.1 Å². The number of aromatic nitrogens is 1. The van der Waals surface area contributed by atoms with Crippen molar-refractivity contribution in [1.29, 1.82) is 0 Å². The van der Waals surface area contributed by atoms with Crippen molar-refractivity contribution in [2.75, 3.05) is 0 Å². The molecule has 1 aromatic heterocycles.